The smallest absolute Gasteiger partial charge is 0.340 e. The molecule has 1 amide bonds. The van der Waals surface area contributed by atoms with Crippen molar-refractivity contribution in [3.8, 4) is 0 Å². The van der Waals surface area contributed by atoms with Crippen LogP contribution in [0.25, 0.3) is 0 Å². The van der Waals surface area contributed by atoms with Crippen molar-refractivity contribution in [3.63, 3.8) is 0 Å². The fourth-order valence-corrected chi connectivity index (χ4v) is 4.69. The molecular formula is C21H28N2O3S. The number of carbonyl (C=O) groups is 2. The first-order valence-corrected chi connectivity index (χ1v) is 10.4. The first-order valence-electron chi connectivity index (χ1n) is 9.56. The van der Waals surface area contributed by atoms with Gasteiger partial charge in [-0.1, -0.05) is 6.07 Å². The summed E-state index contributed by atoms with van der Waals surface area (Å²) in [6, 6.07) is 6.37. The van der Waals surface area contributed by atoms with Gasteiger partial charge in [-0.3, -0.25) is 4.79 Å². The monoisotopic (exact) mass is 388 g/mol. The van der Waals surface area contributed by atoms with Crippen LogP contribution in [0, 0.1) is 13.8 Å². The third-order valence-electron chi connectivity index (χ3n) is 5.50. The average Bonchev–Trinajstić information content (AvgIpc) is 3.23. The molecular weight excluding hydrogens is 360 g/mol. The van der Waals surface area contributed by atoms with Gasteiger partial charge in [-0.05, 0) is 64.5 Å². The molecule has 0 radical (unpaired) electrons. The molecule has 5 nitrogen and oxygen atoms in total. The average molecular weight is 389 g/mol. The van der Waals surface area contributed by atoms with E-state index in [1.54, 1.807) is 11.3 Å². The summed E-state index contributed by atoms with van der Waals surface area (Å²) in [5.74, 6) is -0.526. The highest BCUT2D eigenvalue weighted by Crippen LogP contribution is 2.23. The van der Waals surface area contributed by atoms with Crippen molar-refractivity contribution >= 4 is 23.2 Å². The fourth-order valence-electron chi connectivity index (χ4n) is 4.00. The highest BCUT2D eigenvalue weighted by atomic mass is 32.1. The third-order valence-corrected chi connectivity index (χ3v) is 6.36. The molecule has 6 heteroatoms. The van der Waals surface area contributed by atoms with Crippen LogP contribution in [0.15, 0.2) is 23.6 Å². The van der Waals surface area contributed by atoms with E-state index in [2.05, 4.69) is 24.5 Å². The number of aromatic nitrogens is 1. The number of carbonyl (C=O) groups excluding carboxylic acids is 2. The van der Waals surface area contributed by atoms with Crippen LogP contribution in [-0.2, 0) is 16.1 Å². The Kier molecular flexibility index (Phi) is 6.05. The molecule has 146 valence electrons. The van der Waals surface area contributed by atoms with Gasteiger partial charge in [-0.25, -0.2) is 4.79 Å². The Balaban J connectivity index is 1.65. The molecule has 0 saturated carbocycles. The van der Waals surface area contributed by atoms with E-state index in [1.165, 1.54) is 4.88 Å². The van der Waals surface area contributed by atoms with Crippen LogP contribution in [-0.4, -0.2) is 40.0 Å². The van der Waals surface area contributed by atoms with Crippen molar-refractivity contribution in [1.82, 2.24) is 9.47 Å². The Morgan fingerprint density at radius 3 is 2.56 bits per heavy atom. The summed E-state index contributed by atoms with van der Waals surface area (Å²) < 4.78 is 7.49. The van der Waals surface area contributed by atoms with Crippen LogP contribution in [0.4, 0.5) is 0 Å². The Morgan fingerprint density at radius 2 is 1.93 bits per heavy atom. The molecule has 2 aromatic heterocycles. The number of likely N-dealkylation sites (tertiary alicyclic amines) is 1. The first kappa shape index (κ1) is 19.7. The molecule has 2 aromatic rings. The lowest BCUT2D eigenvalue weighted by Gasteiger charge is -2.38. The van der Waals surface area contributed by atoms with Crippen molar-refractivity contribution in [2.24, 2.45) is 0 Å². The highest BCUT2D eigenvalue weighted by Gasteiger charge is 2.29. The molecule has 0 bridgehead atoms. The van der Waals surface area contributed by atoms with E-state index < -0.39 is 5.97 Å². The molecule has 0 aliphatic carbocycles. The van der Waals surface area contributed by atoms with E-state index in [4.69, 9.17) is 4.74 Å². The Morgan fingerprint density at radius 1 is 1.22 bits per heavy atom. The van der Waals surface area contributed by atoms with E-state index in [0.29, 0.717) is 5.56 Å². The van der Waals surface area contributed by atoms with E-state index >= 15 is 0 Å². The zero-order valence-electron chi connectivity index (χ0n) is 16.5. The zero-order valence-corrected chi connectivity index (χ0v) is 17.3. The zero-order chi connectivity index (χ0) is 19.6. The summed E-state index contributed by atoms with van der Waals surface area (Å²) >= 11 is 1.70. The largest absolute Gasteiger partial charge is 0.452 e. The second-order valence-electron chi connectivity index (χ2n) is 7.46. The Hall–Kier alpha value is -2.08. The summed E-state index contributed by atoms with van der Waals surface area (Å²) in [5, 5.41) is 2.05. The summed E-state index contributed by atoms with van der Waals surface area (Å²) in [5.41, 5.74) is 2.42. The number of hydrogen-bond donors (Lipinski definition) is 0. The molecule has 0 N–H and O–H groups in total. The van der Waals surface area contributed by atoms with Gasteiger partial charge in [0.1, 0.15) is 0 Å². The number of rotatable bonds is 5. The van der Waals surface area contributed by atoms with Gasteiger partial charge in [-0.2, -0.15) is 0 Å². The Labute approximate surface area is 164 Å². The third kappa shape index (κ3) is 4.26. The predicted octanol–water partition coefficient (Wildman–Crippen LogP) is 4.16. The number of thiophene rings is 1. The van der Waals surface area contributed by atoms with Crippen molar-refractivity contribution < 1.29 is 14.3 Å². The van der Waals surface area contributed by atoms with Crippen molar-refractivity contribution in [2.75, 3.05) is 6.61 Å². The van der Waals surface area contributed by atoms with Gasteiger partial charge in [0.15, 0.2) is 6.61 Å². The van der Waals surface area contributed by atoms with Gasteiger partial charge in [0.25, 0.3) is 5.91 Å². The summed E-state index contributed by atoms with van der Waals surface area (Å²) in [6.45, 7) is 8.58. The van der Waals surface area contributed by atoms with E-state index in [1.807, 2.05) is 36.3 Å². The van der Waals surface area contributed by atoms with Crippen LogP contribution in [0.3, 0.4) is 0 Å². The molecule has 1 aliphatic heterocycles. The normalized spacial score (nSPS) is 19.9. The number of nitrogens with zero attached hydrogens (tertiary/aromatic N) is 2. The molecule has 0 spiro atoms. The number of hydrogen-bond acceptors (Lipinski definition) is 4. The standard InChI is InChI=1S/C21H28N2O3S/c1-14-7-5-8-15(2)23(14)20(24)13-26-21(25)19-11-16(3)22(17(19)4)12-18-9-6-10-27-18/h6,9-11,14-15H,5,7-8,12-13H2,1-4H3/t14-,15-/m1/s1. The van der Waals surface area contributed by atoms with Crippen LogP contribution >= 0.6 is 11.3 Å². The molecule has 27 heavy (non-hydrogen) atoms. The summed E-state index contributed by atoms with van der Waals surface area (Å²) in [7, 11) is 0. The SMILES string of the molecule is Cc1cc(C(=O)OCC(=O)N2[C@H](C)CCC[C@H]2C)c(C)n1Cc1cccs1. The van der Waals surface area contributed by atoms with Gasteiger partial charge >= 0.3 is 5.97 Å². The topological polar surface area (TPSA) is 51.5 Å². The summed E-state index contributed by atoms with van der Waals surface area (Å²) in [6.07, 6.45) is 3.16. The fraction of sp³-hybridized carbons (Fsp3) is 0.524. The minimum Gasteiger partial charge on any atom is -0.452 e. The lowest BCUT2D eigenvalue weighted by Crippen LogP contribution is -2.49. The molecule has 3 rings (SSSR count). The second kappa shape index (κ2) is 8.30. The van der Waals surface area contributed by atoms with Crippen LogP contribution in [0.1, 0.15) is 59.7 Å². The number of esters is 1. The van der Waals surface area contributed by atoms with Gasteiger partial charge in [0.05, 0.1) is 12.1 Å². The maximum Gasteiger partial charge on any atom is 0.340 e. The van der Waals surface area contributed by atoms with E-state index in [0.717, 1.165) is 37.2 Å². The number of ether oxygens (including phenoxy) is 1. The minimum absolute atomic E-state index is 0.101. The van der Waals surface area contributed by atoms with E-state index in [-0.39, 0.29) is 24.6 Å². The number of amides is 1. The summed E-state index contributed by atoms with van der Waals surface area (Å²) in [4.78, 5) is 28.3. The van der Waals surface area contributed by atoms with Gasteiger partial charge < -0.3 is 14.2 Å². The first-order chi connectivity index (χ1) is 12.9. The lowest BCUT2D eigenvalue weighted by atomic mass is 9.97. The minimum atomic E-state index is -0.425. The molecule has 1 saturated heterocycles. The molecule has 0 unspecified atom stereocenters. The van der Waals surface area contributed by atoms with Crippen LogP contribution in [0.5, 0.6) is 0 Å². The number of aryl methyl sites for hydroxylation is 1. The molecule has 0 aromatic carbocycles. The molecule has 1 fully saturated rings. The molecule has 2 atom stereocenters. The molecule has 3 heterocycles. The maximum absolute atomic E-state index is 12.6. The highest BCUT2D eigenvalue weighted by molar-refractivity contribution is 7.09. The van der Waals surface area contributed by atoms with E-state index in [9.17, 15) is 9.59 Å². The Bertz CT molecular complexity index is 800. The second-order valence-corrected chi connectivity index (χ2v) is 8.49. The van der Waals surface area contributed by atoms with Gasteiger partial charge in [-0.15, -0.1) is 11.3 Å². The van der Waals surface area contributed by atoms with Crippen molar-refractivity contribution in [2.45, 2.75) is 65.6 Å². The van der Waals surface area contributed by atoms with Gasteiger partial charge in [0, 0.05) is 28.3 Å². The lowest BCUT2D eigenvalue weighted by molar-refractivity contribution is -0.140. The van der Waals surface area contributed by atoms with Crippen LogP contribution < -0.4 is 0 Å². The predicted molar refractivity (Wildman–Crippen MR) is 107 cm³/mol. The van der Waals surface area contributed by atoms with Gasteiger partial charge in [0.2, 0.25) is 0 Å². The molecule has 1 aliphatic rings. The number of piperidine rings is 1. The van der Waals surface area contributed by atoms with Crippen molar-refractivity contribution in [1.29, 1.82) is 0 Å². The van der Waals surface area contributed by atoms with Crippen LogP contribution in [0.2, 0.25) is 0 Å². The quantitative estimate of drug-likeness (QED) is 0.723. The van der Waals surface area contributed by atoms with Crippen molar-refractivity contribution in [3.05, 3.63) is 45.4 Å². The maximum atomic E-state index is 12.6.